The molecule has 0 aromatic carbocycles. The Labute approximate surface area is 226 Å². The predicted molar refractivity (Wildman–Crippen MR) is 136 cm³/mol. The number of hydrogen-bond donors (Lipinski definition) is 6. The van der Waals surface area contributed by atoms with Crippen molar-refractivity contribution in [1.82, 2.24) is 35.6 Å². The van der Waals surface area contributed by atoms with Gasteiger partial charge in [0.25, 0.3) is 0 Å². The lowest BCUT2D eigenvalue weighted by atomic mass is 10.1. The Balaban J connectivity index is 2.00. The van der Waals surface area contributed by atoms with Crippen LogP contribution >= 0.6 is 0 Å². The van der Waals surface area contributed by atoms with Crippen LogP contribution in [0.1, 0.15) is 13.3 Å². The third kappa shape index (κ3) is 12.4. The lowest BCUT2D eigenvalue weighted by molar-refractivity contribution is -0.140. The van der Waals surface area contributed by atoms with Crippen molar-refractivity contribution in [2.45, 2.75) is 25.4 Å². The Bertz CT molecular complexity index is 871. The fourth-order valence-corrected chi connectivity index (χ4v) is 4.34. The number of amides is 3. The zero-order valence-corrected chi connectivity index (χ0v) is 22.1. The maximum absolute atomic E-state index is 12.7. The van der Waals surface area contributed by atoms with E-state index in [1.54, 1.807) is 26.5 Å². The summed E-state index contributed by atoms with van der Waals surface area (Å²) < 4.78 is 0. The van der Waals surface area contributed by atoms with E-state index < -0.39 is 30.0 Å². The first-order chi connectivity index (χ1) is 18.4. The van der Waals surface area contributed by atoms with Gasteiger partial charge < -0.3 is 31.3 Å². The summed E-state index contributed by atoms with van der Waals surface area (Å²) in [7, 11) is 0. The molecular weight excluding hydrogens is 518 g/mol. The van der Waals surface area contributed by atoms with Gasteiger partial charge in [-0.15, -0.1) is 0 Å². The number of piperazine rings is 1. The molecular formula is C23H39N7O9. The average molecular weight is 558 g/mol. The number of nitrogens with zero attached hydrogens (tertiary/aromatic N) is 4. The highest BCUT2D eigenvalue weighted by Crippen LogP contribution is 2.03. The molecule has 0 spiro atoms. The fraction of sp³-hybridized carbons (Fsp3) is 0.739. The summed E-state index contributed by atoms with van der Waals surface area (Å²) >= 11 is 0. The summed E-state index contributed by atoms with van der Waals surface area (Å²) in [5.41, 5.74) is 0. The standard InChI is InChI=1S/C23H39N7O9/c1-16-22(38)26-17(23(39)25-16)2-3-24-18(31)12-27-4-6-28(13-19(32)33)8-10-30(15-21(36)37)11-9-29(7-5-27)14-20(34)35/h16-17H,2-15H2,1H3,(H,24,31)(H,25,39)(H,26,38)(H,32,33)(H,34,35)(H,36,37)/t16-,17-/m1/s1. The maximum atomic E-state index is 12.7. The van der Waals surface area contributed by atoms with E-state index in [9.17, 15) is 44.1 Å². The topological polar surface area (TPSA) is 212 Å². The Hall–Kier alpha value is -3.34. The van der Waals surface area contributed by atoms with E-state index in [4.69, 9.17) is 0 Å². The number of carbonyl (C=O) groups excluding carboxylic acids is 3. The van der Waals surface area contributed by atoms with Gasteiger partial charge in [0.05, 0.1) is 26.2 Å². The summed E-state index contributed by atoms with van der Waals surface area (Å²) in [5, 5.41) is 35.7. The Kier molecular flexibility index (Phi) is 13.0. The van der Waals surface area contributed by atoms with Gasteiger partial charge >= 0.3 is 17.9 Å². The number of carboxylic acid groups (broad SMARTS) is 3. The minimum Gasteiger partial charge on any atom is -0.480 e. The highest BCUT2D eigenvalue weighted by molar-refractivity contribution is 5.96. The van der Waals surface area contributed by atoms with Crippen molar-refractivity contribution in [3.8, 4) is 0 Å². The van der Waals surface area contributed by atoms with Crippen LogP contribution in [0.15, 0.2) is 0 Å². The van der Waals surface area contributed by atoms with E-state index in [2.05, 4.69) is 16.0 Å². The summed E-state index contributed by atoms with van der Waals surface area (Å²) in [4.78, 5) is 77.3. The average Bonchev–Trinajstić information content (AvgIpc) is 2.83. The summed E-state index contributed by atoms with van der Waals surface area (Å²) in [6, 6.07) is -1.36. The summed E-state index contributed by atoms with van der Waals surface area (Å²) in [5.74, 6) is -4.05. The van der Waals surface area contributed by atoms with Crippen molar-refractivity contribution < 1.29 is 44.1 Å². The molecule has 2 fully saturated rings. The van der Waals surface area contributed by atoms with Gasteiger partial charge in [0, 0.05) is 58.9 Å². The van der Waals surface area contributed by atoms with E-state index >= 15 is 0 Å². The van der Waals surface area contributed by atoms with Crippen molar-refractivity contribution in [2.24, 2.45) is 0 Å². The second-order valence-electron chi connectivity index (χ2n) is 9.72. The van der Waals surface area contributed by atoms with Crippen LogP contribution in [0.4, 0.5) is 0 Å². The Morgan fingerprint density at radius 1 is 0.692 bits per heavy atom. The second kappa shape index (κ2) is 15.9. The van der Waals surface area contributed by atoms with Crippen molar-refractivity contribution in [1.29, 1.82) is 0 Å². The monoisotopic (exact) mass is 557 g/mol. The van der Waals surface area contributed by atoms with Crippen LogP contribution in [-0.2, 0) is 28.8 Å². The lowest BCUT2D eigenvalue weighted by Gasteiger charge is -2.33. The second-order valence-corrected chi connectivity index (χ2v) is 9.72. The third-order valence-electron chi connectivity index (χ3n) is 6.51. The number of aliphatic carboxylic acids is 3. The first kappa shape index (κ1) is 31.9. The first-order valence-electron chi connectivity index (χ1n) is 12.8. The molecule has 2 rings (SSSR count). The molecule has 16 heteroatoms. The van der Waals surface area contributed by atoms with E-state index in [1.165, 1.54) is 0 Å². The van der Waals surface area contributed by atoms with Crippen molar-refractivity contribution in [3.63, 3.8) is 0 Å². The molecule has 2 atom stereocenters. The molecule has 0 aromatic heterocycles. The lowest BCUT2D eigenvalue weighted by Crippen LogP contribution is -2.61. The summed E-state index contributed by atoms with van der Waals surface area (Å²) in [6.45, 7) is 3.30. The van der Waals surface area contributed by atoms with Crippen LogP contribution in [0.3, 0.4) is 0 Å². The van der Waals surface area contributed by atoms with Crippen LogP contribution in [0.5, 0.6) is 0 Å². The zero-order chi connectivity index (χ0) is 28.9. The zero-order valence-electron chi connectivity index (χ0n) is 22.1. The molecule has 3 amide bonds. The van der Waals surface area contributed by atoms with Gasteiger partial charge in [-0.3, -0.25) is 48.4 Å². The van der Waals surface area contributed by atoms with E-state index in [0.29, 0.717) is 26.2 Å². The Morgan fingerprint density at radius 3 is 1.46 bits per heavy atom. The molecule has 2 aliphatic rings. The highest BCUT2D eigenvalue weighted by atomic mass is 16.4. The number of nitrogens with one attached hydrogen (secondary N) is 3. The maximum Gasteiger partial charge on any atom is 0.317 e. The van der Waals surface area contributed by atoms with E-state index in [-0.39, 0.29) is 83.0 Å². The SMILES string of the molecule is C[C@H]1NC(=O)[C@@H](CCNC(=O)CN2CCN(CC(=O)O)CCN(CC(=O)O)CCN(CC(=O)O)CC2)NC1=O. The van der Waals surface area contributed by atoms with Gasteiger partial charge in [-0.25, -0.2) is 0 Å². The van der Waals surface area contributed by atoms with Crippen LogP contribution in [0.25, 0.3) is 0 Å². The molecule has 16 nitrogen and oxygen atoms in total. The van der Waals surface area contributed by atoms with Crippen molar-refractivity contribution in [2.75, 3.05) is 85.1 Å². The van der Waals surface area contributed by atoms with Gasteiger partial charge in [-0.05, 0) is 13.3 Å². The van der Waals surface area contributed by atoms with E-state index in [0.717, 1.165) is 0 Å². The number of carbonyl (C=O) groups is 6. The molecule has 6 N–H and O–H groups in total. The third-order valence-corrected chi connectivity index (χ3v) is 6.51. The van der Waals surface area contributed by atoms with Crippen molar-refractivity contribution in [3.05, 3.63) is 0 Å². The van der Waals surface area contributed by atoms with Gasteiger partial charge in [0.2, 0.25) is 17.7 Å². The molecule has 2 saturated heterocycles. The summed E-state index contributed by atoms with van der Waals surface area (Å²) in [6.07, 6.45) is 0.210. The molecule has 0 aliphatic carbocycles. The van der Waals surface area contributed by atoms with Gasteiger partial charge in [-0.1, -0.05) is 0 Å². The predicted octanol–water partition coefficient (Wildman–Crippen LogP) is -4.03. The van der Waals surface area contributed by atoms with Crippen LogP contribution < -0.4 is 16.0 Å². The van der Waals surface area contributed by atoms with Crippen LogP contribution in [0.2, 0.25) is 0 Å². The molecule has 0 bridgehead atoms. The molecule has 0 aromatic rings. The quantitative estimate of drug-likeness (QED) is 0.143. The minimum atomic E-state index is -1.03. The minimum absolute atomic E-state index is 0.0345. The number of hydrogen-bond acceptors (Lipinski definition) is 10. The van der Waals surface area contributed by atoms with Gasteiger partial charge in [0.15, 0.2) is 0 Å². The normalized spacial score (nSPS) is 23.1. The molecule has 0 radical (unpaired) electrons. The van der Waals surface area contributed by atoms with Crippen LogP contribution in [0, 0.1) is 0 Å². The van der Waals surface area contributed by atoms with Gasteiger partial charge in [0.1, 0.15) is 12.1 Å². The molecule has 220 valence electrons. The number of rotatable bonds is 11. The van der Waals surface area contributed by atoms with Crippen LogP contribution in [-0.4, -0.2) is 168 Å². The number of carboxylic acids is 3. The Morgan fingerprint density at radius 2 is 1.08 bits per heavy atom. The smallest absolute Gasteiger partial charge is 0.317 e. The molecule has 2 aliphatic heterocycles. The van der Waals surface area contributed by atoms with Crippen molar-refractivity contribution >= 4 is 35.6 Å². The first-order valence-corrected chi connectivity index (χ1v) is 12.8. The largest absolute Gasteiger partial charge is 0.480 e. The molecule has 0 unspecified atom stereocenters. The van der Waals surface area contributed by atoms with E-state index in [1.807, 2.05) is 0 Å². The highest BCUT2D eigenvalue weighted by Gasteiger charge is 2.30. The fourth-order valence-electron chi connectivity index (χ4n) is 4.34. The molecule has 0 saturated carbocycles. The molecule has 39 heavy (non-hydrogen) atoms. The van der Waals surface area contributed by atoms with Gasteiger partial charge in [-0.2, -0.15) is 0 Å². The molecule has 2 heterocycles.